The number of hydrogen-bond donors (Lipinski definition) is 0. The zero-order valence-corrected chi connectivity index (χ0v) is 12.8. The van der Waals surface area contributed by atoms with Gasteiger partial charge in [-0.15, -0.1) is 15.3 Å². The molecule has 0 atom stereocenters. The van der Waals surface area contributed by atoms with Gasteiger partial charge in [0.15, 0.2) is 11.5 Å². The highest BCUT2D eigenvalue weighted by Gasteiger charge is 2.33. The summed E-state index contributed by atoms with van der Waals surface area (Å²) in [5, 5.41) is 16.1. The molecule has 0 amide bonds. The van der Waals surface area contributed by atoms with E-state index >= 15 is 0 Å². The Hall–Kier alpha value is -2.75. The van der Waals surface area contributed by atoms with Gasteiger partial charge in [0.2, 0.25) is 0 Å². The maximum absolute atomic E-state index is 5.25. The van der Waals surface area contributed by atoms with Crippen LogP contribution in [0.4, 0.5) is 11.8 Å². The van der Waals surface area contributed by atoms with Crippen molar-refractivity contribution in [2.75, 3.05) is 37.0 Å². The molecule has 0 unspecified atom stereocenters. The molecule has 3 aromatic heterocycles. The molecule has 10 heteroatoms. The fourth-order valence-electron chi connectivity index (χ4n) is 2.51. The first kappa shape index (κ1) is 13.9. The van der Waals surface area contributed by atoms with Gasteiger partial charge in [0.05, 0.1) is 6.04 Å². The quantitative estimate of drug-likeness (QED) is 0.643. The Morgan fingerprint density at radius 1 is 1.39 bits per heavy atom. The second-order valence-electron chi connectivity index (χ2n) is 5.42. The molecule has 23 heavy (non-hydrogen) atoms. The van der Waals surface area contributed by atoms with Crippen LogP contribution in [0.1, 0.15) is 5.82 Å². The molecule has 0 N–H and O–H groups in total. The Bertz CT molecular complexity index is 809. The maximum Gasteiger partial charge on any atom is 0.324 e. The summed E-state index contributed by atoms with van der Waals surface area (Å²) < 4.78 is 11.9. The number of likely N-dealkylation sites (N-methyl/N-ethyl adjacent to an activating group) is 1. The van der Waals surface area contributed by atoms with Gasteiger partial charge in [-0.3, -0.25) is 0 Å². The highest BCUT2D eigenvalue weighted by Crippen LogP contribution is 2.24. The molecule has 3 aromatic rings. The van der Waals surface area contributed by atoms with Crippen molar-refractivity contribution < 1.29 is 9.26 Å². The lowest BCUT2D eigenvalue weighted by Gasteiger charge is -2.43. The highest BCUT2D eigenvalue weighted by atomic mass is 16.5. The first-order chi connectivity index (χ1) is 11.2. The Kier molecular flexibility index (Phi) is 3.30. The van der Waals surface area contributed by atoms with Crippen molar-refractivity contribution in [3.05, 3.63) is 24.3 Å². The fourth-order valence-corrected chi connectivity index (χ4v) is 2.51. The standard InChI is InChI=1S/C13H16N8O2/c1-19(13-15-10(7-22-2)18-23-13)9-5-20(6-9)12-4-3-11-16-14-8-21(11)17-12/h3-4,8-9H,5-7H2,1-2H3. The van der Waals surface area contributed by atoms with Crippen LogP contribution < -0.4 is 9.80 Å². The number of ether oxygens (including phenoxy) is 1. The van der Waals surface area contributed by atoms with E-state index in [2.05, 4.69) is 30.3 Å². The van der Waals surface area contributed by atoms with Gasteiger partial charge in [0, 0.05) is 27.2 Å². The van der Waals surface area contributed by atoms with E-state index in [4.69, 9.17) is 9.26 Å². The Labute approximate surface area is 131 Å². The molecule has 120 valence electrons. The monoisotopic (exact) mass is 316 g/mol. The molecule has 10 nitrogen and oxygen atoms in total. The molecule has 1 aliphatic heterocycles. The fraction of sp³-hybridized carbons (Fsp3) is 0.462. The molecule has 1 aliphatic rings. The van der Waals surface area contributed by atoms with E-state index in [1.807, 2.05) is 24.1 Å². The molecule has 0 radical (unpaired) electrons. The minimum atomic E-state index is 0.296. The molecule has 1 saturated heterocycles. The van der Waals surface area contributed by atoms with Gasteiger partial charge >= 0.3 is 6.01 Å². The van der Waals surface area contributed by atoms with Crippen LogP contribution >= 0.6 is 0 Å². The number of aromatic nitrogens is 6. The summed E-state index contributed by atoms with van der Waals surface area (Å²) in [5.74, 6) is 1.44. The van der Waals surface area contributed by atoms with Crippen molar-refractivity contribution in [3.63, 3.8) is 0 Å². The van der Waals surface area contributed by atoms with E-state index in [9.17, 15) is 0 Å². The largest absolute Gasteiger partial charge is 0.377 e. The van der Waals surface area contributed by atoms with E-state index in [1.165, 1.54) is 0 Å². The van der Waals surface area contributed by atoms with Crippen molar-refractivity contribution >= 4 is 17.5 Å². The number of hydrogen-bond acceptors (Lipinski definition) is 9. The third kappa shape index (κ3) is 2.46. The van der Waals surface area contributed by atoms with Crippen molar-refractivity contribution in [2.24, 2.45) is 0 Å². The van der Waals surface area contributed by atoms with Gasteiger partial charge in [-0.25, -0.2) is 0 Å². The first-order valence-electron chi connectivity index (χ1n) is 7.21. The lowest BCUT2D eigenvalue weighted by molar-refractivity contribution is 0.174. The molecule has 1 fully saturated rings. The lowest BCUT2D eigenvalue weighted by atomic mass is 10.1. The molecule has 4 rings (SSSR count). The summed E-state index contributed by atoms with van der Waals surface area (Å²) in [6.07, 6.45) is 1.60. The van der Waals surface area contributed by atoms with Crippen molar-refractivity contribution in [1.82, 2.24) is 30.0 Å². The Balaban J connectivity index is 1.41. The van der Waals surface area contributed by atoms with E-state index in [-0.39, 0.29) is 0 Å². The van der Waals surface area contributed by atoms with Crippen LogP contribution in [-0.4, -0.2) is 63.2 Å². The third-order valence-electron chi connectivity index (χ3n) is 3.91. The van der Waals surface area contributed by atoms with Gasteiger partial charge < -0.3 is 19.1 Å². The van der Waals surface area contributed by atoms with Gasteiger partial charge in [-0.1, -0.05) is 5.16 Å². The Morgan fingerprint density at radius 3 is 3.09 bits per heavy atom. The van der Waals surface area contributed by atoms with Crippen LogP contribution in [0.3, 0.4) is 0 Å². The minimum absolute atomic E-state index is 0.296. The summed E-state index contributed by atoms with van der Waals surface area (Å²) in [7, 11) is 3.55. The number of anilines is 2. The molecular formula is C13H16N8O2. The summed E-state index contributed by atoms with van der Waals surface area (Å²) in [4.78, 5) is 8.46. The smallest absolute Gasteiger partial charge is 0.324 e. The molecular weight excluding hydrogens is 300 g/mol. The van der Waals surface area contributed by atoms with Crippen LogP contribution in [0.25, 0.3) is 5.65 Å². The molecule has 0 aliphatic carbocycles. The summed E-state index contributed by atoms with van der Waals surface area (Å²) in [6.45, 7) is 2.01. The zero-order chi connectivity index (χ0) is 15.8. The van der Waals surface area contributed by atoms with Crippen molar-refractivity contribution in [2.45, 2.75) is 12.6 Å². The molecule has 4 heterocycles. The summed E-state index contributed by atoms with van der Waals surface area (Å²) in [6, 6.07) is 4.65. The second kappa shape index (κ2) is 5.47. The van der Waals surface area contributed by atoms with Crippen molar-refractivity contribution in [3.8, 4) is 0 Å². The van der Waals surface area contributed by atoms with Crippen LogP contribution in [0.2, 0.25) is 0 Å². The van der Waals surface area contributed by atoms with Gasteiger partial charge in [0.25, 0.3) is 0 Å². The van der Waals surface area contributed by atoms with E-state index in [0.717, 1.165) is 24.6 Å². The van der Waals surface area contributed by atoms with Gasteiger partial charge in [-0.05, 0) is 12.1 Å². The predicted octanol–water partition coefficient (Wildman–Crippen LogP) is -0.0213. The van der Waals surface area contributed by atoms with Crippen LogP contribution in [0.15, 0.2) is 23.0 Å². The summed E-state index contributed by atoms with van der Waals surface area (Å²) in [5.41, 5.74) is 0.736. The van der Waals surface area contributed by atoms with Crippen LogP contribution in [-0.2, 0) is 11.3 Å². The number of rotatable bonds is 5. The summed E-state index contributed by atoms with van der Waals surface area (Å²) >= 11 is 0. The van der Waals surface area contributed by atoms with Gasteiger partial charge in [-0.2, -0.15) is 9.50 Å². The van der Waals surface area contributed by atoms with E-state index in [0.29, 0.717) is 24.5 Å². The average molecular weight is 316 g/mol. The molecule has 0 saturated carbocycles. The SMILES string of the molecule is COCc1noc(N(C)C2CN(c3ccc4nncn4n3)C2)n1. The molecule has 0 aromatic carbocycles. The number of fused-ring (bicyclic) bond motifs is 1. The number of nitrogens with zero attached hydrogens (tertiary/aromatic N) is 8. The second-order valence-corrected chi connectivity index (χ2v) is 5.42. The van der Waals surface area contributed by atoms with E-state index in [1.54, 1.807) is 18.0 Å². The molecule has 0 bridgehead atoms. The van der Waals surface area contributed by atoms with Gasteiger partial charge in [0.1, 0.15) is 18.8 Å². The lowest BCUT2D eigenvalue weighted by Crippen LogP contribution is -2.59. The maximum atomic E-state index is 5.25. The minimum Gasteiger partial charge on any atom is -0.377 e. The molecule has 0 spiro atoms. The first-order valence-corrected chi connectivity index (χ1v) is 7.21. The van der Waals surface area contributed by atoms with Crippen LogP contribution in [0.5, 0.6) is 0 Å². The highest BCUT2D eigenvalue weighted by molar-refractivity contribution is 5.49. The van der Waals surface area contributed by atoms with Crippen LogP contribution in [0, 0.1) is 0 Å². The zero-order valence-electron chi connectivity index (χ0n) is 12.8. The van der Waals surface area contributed by atoms with E-state index < -0.39 is 0 Å². The topological polar surface area (TPSA) is 97.7 Å². The third-order valence-corrected chi connectivity index (χ3v) is 3.91. The Morgan fingerprint density at radius 2 is 2.26 bits per heavy atom. The normalized spacial score (nSPS) is 15.1. The number of methoxy groups -OCH3 is 1. The average Bonchev–Trinajstić information content (AvgIpc) is 3.14. The van der Waals surface area contributed by atoms with Crippen molar-refractivity contribution in [1.29, 1.82) is 0 Å². The predicted molar refractivity (Wildman–Crippen MR) is 80.2 cm³/mol.